The van der Waals surface area contributed by atoms with Crippen molar-refractivity contribution in [1.29, 1.82) is 0 Å². The molecule has 0 saturated heterocycles. The second kappa shape index (κ2) is 5.99. The van der Waals surface area contributed by atoms with Gasteiger partial charge in [-0.3, -0.25) is 0 Å². The van der Waals surface area contributed by atoms with Crippen LogP contribution in [0, 0.1) is 0 Å². The zero-order valence-electron chi connectivity index (χ0n) is 10.2. The zero-order chi connectivity index (χ0) is 13.8. The van der Waals surface area contributed by atoms with Crippen molar-refractivity contribution in [3.8, 4) is 0 Å². The molecule has 2 rings (SSSR count). The SMILES string of the molecule is CC/C(=C/CNc1c(Cl)ccc2nsnc12)C(=O)O. The molecule has 0 bridgehead atoms. The number of nitrogens with one attached hydrogen (secondary N) is 1. The van der Waals surface area contributed by atoms with Crippen molar-refractivity contribution in [1.82, 2.24) is 8.75 Å². The molecule has 1 aromatic carbocycles. The van der Waals surface area contributed by atoms with Crippen LogP contribution in [-0.4, -0.2) is 26.4 Å². The summed E-state index contributed by atoms with van der Waals surface area (Å²) in [5.74, 6) is -0.899. The Bertz CT molecular complexity index is 639. The lowest BCUT2D eigenvalue weighted by Gasteiger charge is -2.07. The molecule has 0 aliphatic rings. The highest BCUT2D eigenvalue weighted by Crippen LogP contribution is 2.29. The highest BCUT2D eigenvalue weighted by molar-refractivity contribution is 7.00. The summed E-state index contributed by atoms with van der Waals surface area (Å²) in [4.78, 5) is 10.9. The molecule has 0 radical (unpaired) electrons. The van der Waals surface area contributed by atoms with E-state index in [0.717, 1.165) is 17.2 Å². The average Bonchev–Trinajstić information content (AvgIpc) is 2.84. The Kier molecular flexibility index (Phi) is 4.34. The van der Waals surface area contributed by atoms with Gasteiger partial charge in [-0.15, -0.1) is 0 Å². The van der Waals surface area contributed by atoms with Crippen LogP contribution in [-0.2, 0) is 4.79 Å². The summed E-state index contributed by atoms with van der Waals surface area (Å²) in [5, 5.41) is 12.6. The van der Waals surface area contributed by atoms with E-state index in [1.165, 1.54) is 0 Å². The summed E-state index contributed by atoms with van der Waals surface area (Å²) in [6.45, 7) is 2.18. The Morgan fingerprint density at radius 2 is 2.32 bits per heavy atom. The summed E-state index contributed by atoms with van der Waals surface area (Å²) in [7, 11) is 0. The third-order valence-corrected chi connectivity index (χ3v) is 3.52. The molecule has 19 heavy (non-hydrogen) atoms. The third kappa shape index (κ3) is 3.02. The molecule has 100 valence electrons. The first kappa shape index (κ1) is 13.8. The smallest absolute Gasteiger partial charge is 0.331 e. The quantitative estimate of drug-likeness (QED) is 0.829. The van der Waals surface area contributed by atoms with Gasteiger partial charge in [0.1, 0.15) is 11.0 Å². The van der Waals surface area contributed by atoms with Crippen LogP contribution in [0.2, 0.25) is 5.02 Å². The van der Waals surface area contributed by atoms with Crippen molar-refractivity contribution < 1.29 is 9.90 Å². The fourth-order valence-electron chi connectivity index (χ4n) is 1.65. The van der Waals surface area contributed by atoms with E-state index in [4.69, 9.17) is 16.7 Å². The van der Waals surface area contributed by atoms with Crippen LogP contribution in [0.5, 0.6) is 0 Å². The number of carbonyl (C=O) groups is 1. The molecule has 0 unspecified atom stereocenters. The van der Waals surface area contributed by atoms with Gasteiger partial charge in [-0.2, -0.15) is 8.75 Å². The molecule has 0 spiro atoms. The highest BCUT2D eigenvalue weighted by Gasteiger charge is 2.09. The van der Waals surface area contributed by atoms with Crippen molar-refractivity contribution in [2.45, 2.75) is 13.3 Å². The van der Waals surface area contributed by atoms with E-state index in [2.05, 4.69) is 14.1 Å². The van der Waals surface area contributed by atoms with E-state index in [-0.39, 0.29) is 0 Å². The fourth-order valence-corrected chi connectivity index (χ4v) is 2.42. The predicted octanol–water partition coefficient (Wildman–Crippen LogP) is 3.18. The average molecular weight is 298 g/mol. The van der Waals surface area contributed by atoms with Crippen LogP contribution in [0.4, 0.5) is 5.69 Å². The number of carboxylic acids is 1. The van der Waals surface area contributed by atoms with E-state index in [0.29, 0.717) is 34.8 Å². The maximum Gasteiger partial charge on any atom is 0.331 e. The number of aliphatic carboxylic acids is 1. The number of halogens is 1. The largest absolute Gasteiger partial charge is 0.478 e. The van der Waals surface area contributed by atoms with Crippen molar-refractivity contribution >= 4 is 46.0 Å². The summed E-state index contributed by atoms with van der Waals surface area (Å²) in [6, 6.07) is 3.55. The molecule has 0 atom stereocenters. The van der Waals surface area contributed by atoms with Crippen molar-refractivity contribution in [3.63, 3.8) is 0 Å². The minimum Gasteiger partial charge on any atom is -0.478 e. The maximum atomic E-state index is 10.9. The van der Waals surface area contributed by atoms with E-state index in [9.17, 15) is 4.79 Å². The van der Waals surface area contributed by atoms with E-state index >= 15 is 0 Å². The molecular formula is C12H12ClN3O2S. The molecule has 0 amide bonds. The minimum absolute atomic E-state index is 0.368. The predicted molar refractivity (Wildman–Crippen MR) is 76.9 cm³/mol. The number of fused-ring (bicyclic) bond motifs is 1. The molecule has 2 N–H and O–H groups in total. The van der Waals surface area contributed by atoms with Gasteiger partial charge >= 0.3 is 5.97 Å². The van der Waals surface area contributed by atoms with Crippen LogP contribution >= 0.6 is 23.3 Å². The summed E-state index contributed by atoms with van der Waals surface area (Å²) >= 11 is 7.23. The Labute approximate surface area is 119 Å². The first-order valence-electron chi connectivity index (χ1n) is 5.70. The van der Waals surface area contributed by atoms with Gasteiger partial charge < -0.3 is 10.4 Å². The molecule has 5 nitrogen and oxygen atoms in total. The molecule has 0 aliphatic heterocycles. The van der Waals surface area contributed by atoms with Gasteiger partial charge in [0.15, 0.2) is 0 Å². The van der Waals surface area contributed by atoms with Gasteiger partial charge in [-0.1, -0.05) is 24.6 Å². The molecule has 7 heteroatoms. The molecule has 1 heterocycles. The number of rotatable bonds is 5. The van der Waals surface area contributed by atoms with Crippen LogP contribution in [0.3, 0.4) is 0 Å². The molecule has 2 aromatic rings. The van der Waals surface area contributed by atoms with Crippen LogP contribution in [0.15, 0.2) is 23.8 Å². The number of anilines is 1. The number of hydrogen-bond donors (Lipinski definition) is 2. The minimum atomic E-state index is -0.899. The Morgan fingerprint density at radius 1 is 1.53 bits per heavy atom. The fraction of sp³-hybridized carbons (Fsp3) is 0.250. The second-order valence-corrected chi connectivity index (χ2v) is 4.76. The van der Waals surface area contributed by atoms with Crippen molar-refractivity contribution in [2.75, 3.05) is 11.9 Å². The van der Waals surface area contributed by atoms with Gasteiger partial charge in [-0.25, -0.2) is 4.79 Å². The van der Waals surface area contributed by atoms with Crippen LogP contribution in [0.25, 0.3) is 11.0 Å². The summed E-state index contributed by atoms with van der Waals surface area (Å²) in [5.41, 5.74) is 2.53. The Hall–Kier alpha value is -1.66. The number of hydrogen-bond acceptors (Lipinski definition) is 5. The molecular weight excluding hydrogens is 286 g/mol. The van der Waals surface area contributed by atoms with Gasteiger partial charge in [-0.05, 0) is 18.6 Å². The summed E-state index contributed by atoms with van der Waals surface area (Å²) < 4.78 is 8.31. The topological polar surface area (TPSA) is 75.1 Å². The lowest BCUT2D eigenvalue weighted by Crippen LogP contribution is -2.05. The van der Waals surface area contributed by atoms with Gasteiger partial charge in [0.25, 0.3) is 0 Å². The standard InChI is InChI=1S/C12H12ClN3O2S/c1-2-7(12(17)18)5-6-14-10-8(13)3-4-9-11(10)16-19-15-9/h3-5,14H,2,6H2,1H3,(H,17,18)/b7-5-. The number of nitrogens with zero attached hydrogens (tertiary/aromatic N) is 2. The zero-order valence-corrected chi connectivity index (χ0v) is 11.8. The Morgan fingerprint density at radius 3 is 3.00 bits per heavy atom. The molecule has 0 aliphatic carbocycles. The van der Waals surface area contributed by atoms with Crippen molar-refractivity contribution in [2.24, 2.45) is 0 Å². The molecule has 0 fully saturated rings. The number of aromatic nitrogens is 2. The van der Waals surface area contributed by atoms with Crippen LogP contribution < -0.4 is 5.32 Å². The van der Waals surface area contributed by atoms with E-state index < -0.39 is 5.97 Å². The van der Waals surface area contributed by atoms with Crippen molar-refractivity contribution in [3.05, 3.63) is 28.8 Å². The monoisotopic (exact) mass is 297 g/mol. The maximum absolute atomic E-state index is 10.9. The lowest BCUT2D eigenvalue weighted by atomic mass is 10.2. The van der Waals surface area contributed by atoms with E-state index in [1.807, 2.05) is 0 Å². The lowest BCUT2D eigenvalue weighted by molar-refractivity contribution is -0.132. The normalized spacial score (nSPS) is 11.8. The highest BCUT2D eigenvalue weighted by atomic mass is 35.5. The summed E-state index contributed by atoms with van der Waals surface area (Å²) in [6.07, 6.45) is 2.12. The second-order valence-electron chi connectivity index (χ2n) is 3.82. The third-order valence-electron chi connectivity index (χ3n) is 2.66. The van der Waals surface area contributed by atoms with Gasteiger partial charge in [0.05, 0.1) is 22.4 Å². The van der Waals surface area contributed by atoms with E-state index in [1.54, 1.807) is 25.1 Å². The van der Waals surface area contributed by atoms with Gasteiger partial charge in [0, 0.05) is 12.1 Å². The molecule has 0 saturated carbocycles. The van der Waals surface area contributed by atoms with Crippen LogP contribution in [0.1, 0.15) is 13.3 Å². The first-order chi connectivity index (χ1) is 9.13. The first-order valence-corrected chi connectivity index (χ1v) is 6.81. The molecule has 1 aromatic heterocycles. The Balaban J connectivity index is 2.20. The van der Waals surface area contributed by atoms with Gasteiger partial charge in [0.2, 0.25) is 0 Å². The number of benzene rings is 1. The number of carboxylic acid groups (broad SMARTS) is 1.